The number of nitrogens with one attached hydrogen (secondary N) is 1. The Labute approximate surface area is 128 Å². The lowest BCUT2D eigenvalue weighted by atomic mass is 9.85. The first kappa shape index (κ1) is 16.0. The minimum absolute atomic E-state index is 0.223. The van der Waals surface area contributed by atoms with Crippen LogP contribution in [0.15, 0.2) is 30.3 Å². The van der Waals surface area contributed by atoms with E-state index in [4.69, 9.17) is 0 Å². The fraction of sp³-hybridized carbons (Fsp3) is 0.611. The molecule has 1 aliphatic heterocycles. The first-order valence-electron chi connectivity index (χ1n) is 8.08. The van der Waals surface area contributed by atoms with Gasteiger partial charge in [0, 0.05) is 25.6 Å². The van der Waals surface area contributed by atoms with Crippen LogP contribution in [0.3, 0.4) is 0 Å². The van der Waals surface area contributed by atoms with Crippen LogP contribution >= 0.6 is 0 Å². The highest BCUT2D eigenvalue weighted by Gasteiger charge is 2.28. The molecule has 1 aromatic carbocycles. The summed E-state index contributed by atoms with van der Waals surface area (Å²) in [5, 5.41) is 3.51. The van der Waals surface area contributed by atoms with Gasteiger partial charge in [0.15, 0.2) is 0 Å². The van der Waals surface area contributed by atoms with E-state index in [1.165, 1.54) is 5.56 Å². The number of likely N-dealkylation sites (N-methyl/N-ethyl adjacent to an activating group) is 1. The normalized spacial score (nSPS) is 20.1. The van der Waals surface area contributed by atoms with Gasteiger partial charge in [-0.05, 0) is 30.4 Å². The van der Waals surface area contributed by atoms with Gasteiger partial charge in [-0.3, -0.25) is 4.79 Å². The summed E-state index contributed by atoms with van der Waals surface area (Å²) in [4.78, 5) is 14.4. The van der Waals surface area contributed by atoms with Crippen molar-refractivity contribution in [1.29, 1.82) is 0 Å². The smallest absolute Gasteiger partial charge is 0.222 e. The maximum atomic E-state index is 12.4. The van der Waals surface area contributed by atoms with Gasteiger partial charge < -0.3 is 10.2 Å². The van der Waals surface area contributed by atoms with Crippen LogP contribution in [0.4, 0.5) is 0 Å². The molecule has 0 bridgehead atoms. The van der Waals surface area contributed by atoms with Crippen molar-refractivity contribution >= 4 is 5.91 Å². The zero-order valence-corrected chi connectivity index (χ0v) is 13.6. The molecular weight excluding hydrogens is 260 g/mol. The molecule has 1 aliphatic rings. The highest BCUT2D eigenvalue weighted by atomic mass is 16.2. The van der Waals surface area contributed by atoms with Crippen LogP contribution in [-0.2, 0) is 4.79 Å². The molecule has 3 heteroatoms. The lowest BCUT2D eigenvalue weighted by molar-refractivity contribution is -0.131. The fourth-order valence-electron chi connectivity index (χ4n) is 2.92. The molecule has 1 atom stereocenters. The van der Waals surface area contributed by atoms with E-state index in [2.05, 4.69) is 55.3 Å². The van der Waals surface area contributed by atoms with Crippen molar-refractivity contribution < 1.29 is 4.79 Å². The van der Waals surface area contributed by atoms with Gasteiger partial charge >= 0.3 is 0 Å². The molecule has 1 unspecified atom stereocenters. The lowest BCUT2D eigenvalue weighted by Crippen LogP contribution is -2.39. The quantitative estimate of drug-likeness (QED) is 0.901. The van der Waals surface area contributed by atoms with Crippen LogP contribution < -0.4 is 5.32 Å². The topological polar surface area (TPSA) is 32.3 Å². The van der Waals surface area contributed by atoms with Crippen molar-refractivity contribution in [3.8, 4) is 0 Å². The lowest BCUT2D eigenvalue weighted by Gasteiger charge is -2.28. The van der Waals surface area contributed by atoms with Crippen molar-refractivity contribution in [2.24, 2.45) is 5.41 Å². The molecule has 0 saturated carbocycles. The monoisotopic (exact) mass is 288 g/mol. The van der Waals surface area contributed by atoms with Gasteiger partial charge in [0.25, 0.3) is 0 Å². The van der Waals surface area contributed by atoms with Gasteiger partial charge in [0.1, 0.15) is 0 Å². The largest absolute Gasteiger partial charge is 0.341 e. The van der Waals surface area contributed by atoms with Crippen molar-refractivity contribution in [2.75, 3.05) is 19.6 Å². The third-order valence-electron chi connectivity index (χ3n) is 4.48. The Kier molecular flexibility index (Phi) is 5.40. The molecule has 0 aliphatic carbocycles. The second kappa shape index (κ2) is 7.08. The number of carbonyl (C=O) groups is 1. The van der Waals surface area contributed by atoms with Gasteiger partial charge in [-0.25, -0.2) is 0 Å². The van der Waals surface area contributed by atoms with Crippen LogP contribution in [0.2, 0.25) is 0 Å². The predicted octanol–water partition coefficient (Wildman–Crippen LogP) is 3.38. The average molecular weight is 288 g/mol. The third kappa shape index (κ3) is 4.57. The Morgan fingerprint density at radius 1 is 1.24 bits per heavy atom. The summed E-state index contributed by atoms with van der Waals surface area (Å²) in [6, 6.07) is 10.7. The van der Waals surface area contributed by atoms with E-state index in [1.807, 2.05) is 6.07 Å². The number of amides is 1. The van der Waals surface area contributed by atoms with E-state index >= 15 is 0 Å². The van der Waals surface area contributed by atoms with Crippen LogP contribution in [0, 0.1) is 5.41 Å². The van der Waals surface area contributed by atoms with E-state index < -0.39 is 0 Å². The highest BCUT2D eigenvalue weighted by molar-refractivity contribution is 5.76. The first-order valence-corrected chi connectivity index (χ1v) is 8.08. The summed E-state index contributed by atoms with van der Waals surface area (Å²) in [6.07, 6.45) is 2.77. The molecule has 1 N–H and O–H groups in total. The number of hydrogen-bond donors (Lipinski definition) is 1. The molecule has 1 fully saturated rings. The number of carbonyl (C=O) groups excluding carboxylic acids is 1. The summed E-state index contributed by atoms with van der Waals surface area (Å²) in [6.45, 7) is 9.20. The van der Waals surface area contributed by atoms with Gasteiger partial charge in [-0.1, -0.05) is 51.1 Å². The Morgan fingerprint density at radius 3 is 2.62 bits per heavy atom. The number of rotatable bonds is 5. The third-order valence-corrected chi connectivity index (χ3v) is 4.48. The second-order valence-electron chi connectivity index (χ2n) is 6.77. The molecule has 0 radical (unpaired) electrons. The van der Waals surface area contributed by atoms with Crippen molar-refractivity contribution in [1.82, 2.24) is 10.2 Å². The number of nitrogens with zero attached hydrogens (tertiary/aromatic N) is 1. The summed E-state index contributed by atoms with van der Waals surface area (Å²) >= 11 is 0. The number of hydrogen-bond acceptors (Lipinski definition) is 2. The van der Waals surface area contributed by atoms with Crippen molar-refractivity contribution in [3.63, 3.8) is 0 Å². The summed E-state index contributed by atoms with van der Waals surface area (Å²) < 4.78 is 0. The number of likely N-dealkylation sites (tertiary alicyclic amines) is 1. The standard InChI is InChI=1S/C18H28N2O/c1-4-19-16(15-8-6-5-7-9-15)14-20-13-12-18(2,3)11-10-17(20)21/h5-9,16,19H,4,10-14H2,1-3H3. The molecule has 3 nitrogen and oxygen atoms in total. The molecule has 116 valence electrons. The number of benzene rings is 1. The summed E-state index contributed by atoms with van der Waals surface area (Å²) in [5.74, 6) is 0.305. The Balaban J connectivity index is 2.07. The molecule has 1 heterocycles. The molecule has 2 rings (SSSR count). The maximum Gasteiger partial charge on any atom is 0.222 e. The fourth-order valence-corrected chi connectivity index (χ4v) is 2.92. The minimum Gasteiger partial charge on any atom is -0.341 e. The van der Waals surface area contributed by atoms with E-state index in [9.17, 15) is 4.79 Å². The van der Waals surface area contributed by atoms with Crippen LogP contribution in [0.5, 0.6) is 0 Å². The summed E-state index contributed by atoms with van der Waals surface area (Å²) in [5.41, 5.74) is 1.54. The van der Waals surface area contributed by atoms with Crippen molar-refractivity contribution in [2.45, 2.75) is 46.1 Å². The average Bonchev–Trinajstić information content (AvgIpc) is 2.60. The zero-order chi connectivity index (χ0) is 15.3. The molecule has 1 aromatic rings. The SMILES string of the molecule is CCNC(CN1CCC(C)(C)CCC1=O)c1ccccc1. The molecular formula is C18H28N2O. The van der Waals surface area contributed by atoms with Gasteiger partial charge in [0.2, 0.25) is 5.91 Å². The van der Waals surface area contributed by atoms with Gasteiger partial charge in [-0.2, -0.15) is 0 Å². The van der Waals surface area contributed by atoms with Gasteiger partial charge in [0.05, 0.1) is 0 Å². The Hall–Kier alpha value is -1.35. The molecule has 0 aromatic heterocycles. The van der Waals surface area contributed by atoms with Gasteiger partial charge in [-0.15, -0.1) is 0 Å². The summed E-state index contributed by atoms with van der Waals surface area (Å²) in [7, 11) is 0. The minimum atomic E-state index is 0.223. The Morgan fingerprint density at radius 2 is 1.95 bits per heavy atom. The van der Waals surface area contributed by atoms with E-state index in [0.29, 0.717) is 12.3 Å². The van der Waals surface area contributed by atoms with E-state index in [0.717, 1.165) is 32.5 Å². The molecule has 1 saturated heterocycles. The maximum absolute atomic E-state index is 12.4. The zero-order valence-electron chi connectivity index (χ0n) is 13.6. The molecule has 1 amide bonds. The predicted molar refractivity (Wildman–Crippen MR) is 87.1 cm³/mol. The molecule has 0 spiro atoms. The van der Waals surface area contributed by atoms with E-state index in [-0.39, 0.29) is 11.5 Å². The van der Waals surface area contributed by atoms with Crippen molar-refractivity contribution in [3.05, 3.63) is 35.9 Å². The molecule has 21 heavy (non-hydrogen) atoms. The first-order chi connectivity index (χ1) is 10.0. The van der Waals surface area contributed by atoms with Crippen LogP contribution in [0.25, 0.3) is 0 Å². The van der Waals surface area contributed by atoms with E-state index in [1.54, 1.807) is 0 Å². The van der Waals surface area contributed by atoms with Crippen LogP contribution in [-0.4, -0.2) is 30.4 Å². The van der Waals surface area contributed by atoms with Crippen LogP contribution in [0.1, 0.15) is 51.6 Å². The second-order valence-corrected chi connectivity index (χ2v) is 6.77. The Bertz CT molecular complexity index is 456. The highest BCUT2D eigenvalue weighted by Crippen LogP contribution is 2.31.